The summed E-state index contributed by atoms with van der Waals surface area (Å²) in [5.41, 5.74) is 0.322. The third kappa shape index (κ3) is 0.540. The topological polar surface area (TPSA) is 63.0 Å². The number of hydrogen-bond acceptors (Lipinski definition) is 3. The first-order valence-corrected chi connectivity index (χ1v) is 2.75. The van der Waals surface area contributed by atoms with Crippen molar-refractivity contribution in [3.8, 4) is 0 Å². The van der Waals surface area contributed by atoms with Gasteiger partial charge in [-0.15, -0.1) is 0 Å². The predicted octanol–water partition coefficient (Wildman–Crippen LogP) is -0.582. The first-order valence-electron chi connectivity index (χ1n) is 2.75. The largest absolute Gasteiger partial charge is 0.348 e. The molecule has 0 saturated carbocycles. The second-order valence-electron chi connectivity index (χ2n) is 1.84. The minimum absolute atomic E-state index is 0.261. The Hall–Kier alpha value is -1.65. The molecule has 5 heteroatoms. The van der Waals surface area contributed by atoms with Crippen molar-refractivity contribution >= 4 is 5.65 Å². The van der Waals surface area contributed by atoms with Gasteiger partial charge in [0.2, 0.25) is 0 Å². The average molecular weight is 136 g/mol. The van der Waals surface area contributed by atoms with Crippen molar-refractivity contribution in [2.24, 2.45) is 0 Å². The highest BCUT2D eigenvalue weighted by atomic mass is 16.1. The lowest BCUT2D eigenvalue weighted by molar-refractivity contribution is 0.997. The van der Waals surface area contributed by atoms with Crippen LogP contribution in [0.15, 0.2) is 23.4 Å². The maximum absolute atomic E-state index is 10.8. The Labute approximate surface area is 55.3 Å². The molecule has 0 aliphatic carbocycles. The molecule has 50 valence electrons. The van der Waals surface area contributed by atoms with E-state index in [0.717, 1.165) is 0 Å². The lowest BCUT2D eigenvalue weighted by Gasteiger charge is -1.83. The van der Waals surface area contributed by atoms with Crippen molar-refractivity contribution in [1.29, 1.82) is 0 Å². The summed E-state index contributed by atoms with van der Waals surface area (Å²) < 4.78 is 1.33. The molecule has 0 amide bonds. The van der Waals surface area contributed by atoms with Crippen LogP contribution in [-0.4, -0.2) is 19.6 Å². The van der Waals surface area contributed by atoms with Crippen molar-refractivity contribution in [3.05, 3.63) is 29.1 Å². The Bertz CT molecular complexity index is 401. The van der Waals surface area contributed by atoms with Gasteiger partial charge in [0.25, 0.3) is 0 Å². The van der Waals surface area contributed by atoms with Crippen LogP contribution < -0.4 is 5.69 Å². The molecule has 10 heavy (non-hydrogen) atoms. The summed E-state index contributed by atoms with van der Waals surface area (Å²) in [7, 11) is 0. The quantitative estimate of drug-likeness (QED) is 0.526. The molecule has 0 fully saturated rings. The third-order valence-electron chi connectivity index (χ3n) is 1.22. The molecule has 2 aromatic rings. The Morgan fingerprint density at radius 2 is 2.50 bits per heavy atom. The molecule has 2 rings (SSSR count). The smallest absolute Gasteiger partial charge is 0.246 e. The molecule has 0 bridgehead atoms. The third-order valence-corrected chi connectivity index (χ3v) is 1.22. The molecule has 0 aliphatic rings. The summed E-state index contributed by atoms with van der Waals surface area (Å²) in [6.07, 6.45) is 3.00. The number of H-pyrrole nitrogens is 1. The Balaban J connectivity index is 3.07. The van der Waals surface area contributed by atoms with Crippen LogP contribution in [0.4, 0.5) is 0 Å². The average Bonchev–Trinajstić information content (AvgIpc) is 2.34. The SMILES string of the molecule is O=c1[nH]nc2ccncn12. The van der Waals surface area contributed by atoms with Gasteiger partial charge in [-0.25, -0.2) is 19.3 Å². The van der Waals surface area contributed by atoms with Crippen molar-refractivity contribution in [2.75, 3.05) is 0 Å². The zero-order valence-corrected chi connectivity index (χ0v) is 4.98. The van der Waals surface area contributed by atoms with Crippen LogP contribution in [0.3, 0.4) is 0 Å². The minimum Gasteiger partial charge on any atom is -0.246 e. The summed E-state index contributed by atoms with van der Waals surface area (Å²) >= 11 is 0. The van der Waals surface area contributed by atoms with Crippen LogP contribution in [0.1, 0.15) is 0 Å². The maximum atomic E-state index is 10.8. The van der Waals surface area contributed by atoms with E-state index in [-0.39, 0.29) is 5.69 Å². The second-order valence-corrected chi connectivity index (χ2v) is 1.84. The van der Waals surface area contributed by atoms with Crippen LogP contribution in [0, 0.1) is 0 Å². The highest BCUT2D eigenvalue weighted by molar-refractivity contribution is 5.32. The zero-order chi connectivity index (χ0) is 6.97. The van der Waals surface area contributed by atoms with E-state index in [9.17, 15) is 4.79 Å². The van der Waals surface area contributed by atoms with Crippen LogP contribution in [0.25, 0.3) is 5.65 Å². The van der Waals surface area contributed by atoms with Gasteiger partial charge in [-0.3, -0.25) is 0 Å². The van der Waals surface area contributed by atoms with Crippen LogP contribution in [-0.2, 0) is 0 Å². The Morgan fingerprint density at radius 3 is 3.30 bits per heavy atom. The van der Waals surface area contributed by atoms with Gasteiger partial charge in [-0.2, -0.15) is 5.10 Å². The molecule has 2 aromatic heterocycles. The zero-order valence-electron chi connectivity index (χ0n) is 4.98. The van der Waals surface area contributed by atoms with Crippen molar-refractivity contribution in [3.63, 3.8) is 0 Å². The summed E-state index contributed by atoms with van der Waals surface area (Å²) in [6.45, 7) is 0. The van der Waals surface area contributed by atoms with Gasteiger partial charge in [0, 0.05) is 12.3 Å². The Morgan fingerprint density at radius 1 is 1.60 bits per heavy atom. The second kappa shape index (κ2) is 1.66. The lowest BCUT2D eigenvalue weighted by Crippen LogP contribution is -2.08. The van der Waals surface area contributed by atoms with Gasteiger partial charge >= 0.3 is 5.69 Å². The summed E-state index contributed by atoms with van der Waals surface area (Å²) in [4.78, 5) is 14.5. The van der Waals surface area contributed by atoms with Crippen LogP contribution >= 0.6 is 0 Å². The lowest BCUT2D eigenvalue weighted by atomic mass is 10.6. The molecule has 1 N–H and O–H groups in total. The van der Waals surface area contributed by atoms with Crippen molar-refractivity contribution in [1.82, 2.24) is 19.6 Å². The maximum Gasteiger partial charge on any atom is 0.348 e. The summed E-state index contributed by atoms with van der Waals surface area (Å²) in [5, 5.41) is 6.00. The fourth-order valence-electron chi connectivity index (χ4n) is 0.761. The van der Waals surface area contributed by atoms with E-state index < -0.39 is 0 Å². The first-order chi connectivity index (χ1) is 4.88. The molecule has 2 heterocycles. The van der Waals surface area contributed by atoms with E-state index in [2.05, 4.69) is 15.2 Å². The molecular formula is C5H4N4O. The molecule has 0 aliphatic heterocycles. The van der Waals surface area contributed by atoms with Gasteiger partial charge in [-0.05, 0) is 0 Å². The standard InChI is InChI=1S/C5H4N4O/c10-5-8-7-4-1-2-6-3-9(4)5/h1-3H,(H,8,10). The Kier molecular flexibility index (Phi) is 0.858. The van der Waals surface area contributed by atoms with E-state index in [1.54, 1.807) is 12.3 Å². The highest BCUT2D eigenvalue weighted by Gasteiger charge is 1.94. The molecule has 0 spiro atoms. The number of rotatable bonds is 0. The van der Waals surface area contributed by atoms with Gasteiger partial charge in [0.1, 0.15) is 6.33 Å². The van der Waals surface area contributed by atoms with Gasteiger partial charge in [-0.1, -0.05) is 0 Å². The van der Waals surface area contributed by atoms with Gasteiger partial charge < -0.3 is 0 Å². The van der Waals surface area contributed by atoms with E-state index in [4.69, 9.17) is 0 Å². The van der Waals surface area contributed by atoms with Gasteiger partial charge in [0.15, 0.2) is 5.65 Å². The van der Waals surface area contributed by atoms with Gasteiger partial charge in [0.05, 0.1) is 0 Å². The summed E-state index contributed by atoms with van der Waals surface area (Å²) in [5.74, 6) is 0. The first kappa shape index (κ1) is 5.16. The minimum atomic E-state index is -0.261. The van der Waals surface area contributed by atoms with E-state index in [1.807, 2.05) is 0 Å². The number of aromatic nitrogens is 4. The predicted molar refractivity (Wildman–Crippen MR) is 33.6 cm³/mol. The molecule has 5 nitrogen and oxygen atoms in total. The highest BCUT2D eigenvalue weighted by Crippen LogP contribution is 1.87. The molecule has 0 aromatic carbocycles. The fraction of sp³-hybridized carbons (Fsp3) is 0. The normalized spacial score (nSPS) is 10.4. The fourth-order valence-corrected chi connectivity index (χ4v) is 0.761. The molecule has 0 saturated heterocycles. The van der Waals surface area contributed by atoms with E-state index in [0.29, 0.717) is 5.65 Å². The van der Waals surface area contributed by atoms with Crippen LogP contribution in [0.5, 0.6) is 0 Å². The molecule has 0 atom stereocenters. The summed E-state index contributed by atoms with van der Waals surface area (Å²) in [6, 6.07) is 1.65. The monoisotopic (exact) mass is 136 g/mol. The van der Waals surface area contributed by atoms with Crippen LogP contribution in [0.2, 0.25) is 0 Å². The molecular weight excluding hydrogens is 132 g/mol. The number of hydrogen-bond donors (Lipinski definition) is 1. The number of nitrogens with one attached hydrogen (secondary N) is 1. The molecule has 0 radical (unpaired) electrons. The van der Waals surface area contributed by atoms with Crippen molar-refractivity contribution < 1.29 is 0 Å². The van der Waals surface area contributed by atoms with E-state index >= 15 is 0 Å². The molecule has 0 unspecified atom stereocenters. The number of fused-ring (bicyclic) bond motifs is 1. The number of aromatic amines is 1. The van der Waals surface area contributed by atoms with Crippen molar-refractivity contribution in [2.45, 2.75) is 0 Å². The van der Waals surface area contributed by atoms with E-state index in [1.165, 1.54) is 10.7 Å². The number of nitrogens with zero attached hydrogens (tertiary/aromatic N) is 3.